The number of imidazole rings is 2. The molecule has 3 aromatic carbocycles. The third-order valence-electron chi connectivity index (χ3n) is 5.34. The number of aromatic nitrogens is 4. The number of halogens is 1. The van der Waals surface area contributed by atoms with E-state index in [-0.39, 0.29) is 5.69 Å². The fourth-order valence-electron chi connectivity index (χ4n) is 3.88. The van der Waals surface area contributed by atoms with Crippen molar-refractivity contribution in [2.45, 2.75) is 6.92 Å². The van der Waals surface area contributed by atoms with Gasteiger partial charge in [0.05, 0.1) is 34.4 Å². The molecule has 5 nitrogen and oxygen atoms in total. The van der Waals surface area contributed by atoms with E-state index in [2.05, 4.69) is 35.1 Å². The second kappa shape index (κ2) is 7.04. The summed E-state index contributed by atoms with van der Waals surface area (Å²) < 4.78 is 3.34. The lowest BCUT2D eigenvalue weighted by Gasteiger charge is -2.07. The van der Waals surface area contributed by atoms with Crippen LogP contribution in [0.5, 0.6) is 0 Å². The fraction of sp³-hybridized carbons (Fsp3) is 0.0833. The van der Waals surface area contributed by atoms with E-state index in [1.807, 2.05) is 36.4 Å². The van der Waals surface area contributed by atoms with E-state index in [0.29, 0.717) is 5.02 Å². The van der Waals surface area contributed by atoms with Crippen molar-refractivity contribution in [3.63, 3.8) is 0 Å². The second-order valence-electron chi connectivity index (χ2n) is 7.36. The molecule has 30 heavy (non-hydrogen) atoms. The molecule has 2 heterocycles. The molecular formula is C24H19ClN4O. The zero-order valence-corrected chi connectivity index (χ0v) is 17.3. The summed E-state index contributed by atoms with van der Waals surface area (Å²) in [6.45, 7) is 2.07. The summed E-state index contributed by atoms with van der Waals surface area (Å²) in [5, 5.41) is 0.591. The molecular weight excluding hydrogens is 396 g/mol. The molecule has 0 atom stereocenters. The van der Waals surface area contributed by atoms with Crippen LogP contribution in [0.1, 0.15) is 5.56 Å². The fourth-order valence-corrected chi connectivity index (χ4v) is 4.07. The Bertz CT molecular complexity index is 1460. The topological polar surface area (TPSA) is 55.6 Å². The predicted octanol–water partition coefficient (Wildman–Crippen LogP) is 5.35. The van der Waals surface area contributed by atoms with Gasteiger partial charge in [-0.1, -0.05) is 47.5 Å². The Kier molecular flexibility index (Phi) is 4.33. The van der Waals surface area contributed by atoms with Crippen LogP contribution in [0.4, 0.5) is 0 Å². The highest BCUT2D eigenvalue weighted by Crippen LogP contribution is 2.31. The molecule has 1 N–H and O–H groups in total. The number of hydrogen-bond donors (Lipinski definition) is 1. The third kappa shape index (κ3) is 2.95. The van der Waals surface area contributed by atoms with Gasteiger partial charge in [0, 0.05) is 23.2 Å². The molecule has 0 spiro atoms. The normalized spacial score (nSPS) is 11.3. The van der Waals surface area contributed by atoms with Crippen molar-refractivity contribution in [1.29, 1.82) is 0 Å². The molecule has 0 aliphatic carbocycles. The first-order valence-electron chi connectivity index (χ1n) is 9.61. The first-order valence-corrected chi connectivity index (χ1v) is 9.99. The van der Waals surface area contributed by atoms with Crippen molar-refractivity contribution < 1.29 is 0 Å². The van der Waals surface area contributed by atoms with Gasteiger partial charge in [-0.25, -0.2) is 9.78 Å². The smallest absolute Gasteiger partial charge is 0.333 e. The molecule has 0 saturated heterocycles. The van der Waals surface area contributed by atoms with Crippen LogP contribution >= 0.6 is 11.6 Å². The maximum atomic E-state index is 13.0. The summed E-state index contributed by atoms with van der Waals surface area (Å²) in [6.07, 6.45) is 1.70. The van der Waals surface area contributed by atoms with E-state index in [9.17, 15) is 4.79 Å². The highest BCUT2D eigenvalue weighted by atomic mass is 35.5. The summed E-state index contributed by atoms with van der Waals surface area (Å²) in [5.74, 6) is 0. The average molecular weight is 415 g/mol. The van der Waals surface area contributed by atoms with Crippen molar-refractivity contribution in [3.8, 4) is 28.2 Å². The molecule has 148 valence electrons. The number of nitrogens with one attached hydrogen (secondary N) is 1. The molecule has 0 aliphatic heterocycles. The lowest BCUT2D eigenvalue weighted by Crippen LogP contribution is -2.20. The SMILES string of the molecule is Cc1cccc(-c2nc[nH]c2-c2ccc3c(c2)n(C)c(=O)n3-c2cccc(Cl)c2)c1. The summed E-state index contributed by atoms with van der Waals surface area (Å²) >= 11 is 6.15. The summed E-state index contributed by atoms with van der Waals surface area (Å²) in [6, 6.07) is 21.6. The van der Waals surface area contributed by atoms with Crippen LogP contribution in [-0.2, 0) is 7.05 Å². The number of fused-ring (bicyclic) bond motifs is 1. The minimum absolute atomic E-state index is 0.118. The Hall–Kier alpha value is -3.57. The van der Waals surface area contributed by atoms with Gasteiger partial charge in [0.2, 0.25) is 0 Å². The Balaban J connectivity index is 1.69. The lowest BCUT2D eigenvalue weighted by atomic mass is 10.0. The molecule has 0 aliphatic rings. The zero-order chi connectivity index (χ0) is 20.8. The van der Waals surface area contributed by atoms with Crippen LogP contribution in [-0.4, -0.2) is 19.1 Å². The summed E-state index contributed by atoms with van der Waals surface area (Å²) in [4.78, 5) is 20.8. The van der Waals surface area contributed by atoms with E-state index in [4.69, 9.17) is 11.6 Å². The molecule has 0 bridgehead atoms. The van der Waals surface area contributed by atoms with Crippen LogP contribution < -0.4 is 5.69 Å². The Labute approximate surface area is 178 Å². The van der Waals surface area contributed by atoms with Gasteiger partial charge in [0.15, 0.2) is 0 Å². The van der Waals surface area contributed by atoms with Crippen molar-refractivity contribution in [1.82, 2.24) is 19.1 Å². The first-order chi connectivity index (χ1) is 14.5. The molecule has 0 unspecified atom stereocenters. The minimum Gasteiger partial charge on any atom is -0.344 e. The maximum absolute atomic E-state index is 13.0. The minimum atomic E-state index is -0.118. The Morgan fingerprint density at radius 1 is 0.933 bits per heavy atom. The van der Waals surface area contributed by atoms with Crippen molar-refractivity contribution in [3.05, 3.63) is 94.1 Å². The maximum Gasteiger partial charge on any atom is 0.333 e. The summed E-state index contributed by atoms with van der Waals surface area (Å²) in [5.41, 5.74) is 7.29. The van der Waals surface area contributed by atoms with Crippen LogP contribution in [0.2, 0.25) is 5.02 Å². The number of hydrogen-bond acceptors (Lipinski definition) is 2. The number of benzene rings is 3. The Morgan fingerprint density at radius 2 is 1.77 bits per heavy atom. The lowest BCUT2D eigenvalue weighted by molar-refractivity contribution is 0.846. The standard InChI is InChI=1S/C24H19ClN4O/c1-15-5-3-6-16(11-15)22-23(27-14-26-22)17-9-10-20-21(12-17)28(2)24(30)29(20)19-8-4-7-18(25)13-19/h3-14H,1-2H3,(H,26,27). The number of aryl methyl sites for hydroxylation is 2. The van der Waals surface area contributed by atoms with Crippen molar-refractivity contribution in [2.24, 2.45) is 7.05 Å². The highest BCUT2D eigenvalue weighted by molar-refractivity contribution is 6.30. The molecule has 0 saturated carbocycles. The van der Waals surface area contributed by atoms with E-state index < -0.39 is 0 Å². The van der Waals surface area contributed by atoms with Crippen LogP contribution in [0.15, 0.2) is 77.9 Å². The summed E-state index contributed by atoms with van der Waals surface area (Å²) in [7, 11) is 1.78. The zero-order valence-electron chi connectivity index (χ0n) is 16.6. The van der Waals surface area contributed by atoms with Crippen molar-refractivity contribution >= 4 is 22.6 Å². The molecule has 0 fully saturated rings. The quantitative estimate of drug-likeness (QED) is 0.432. The van der Waals surface area contributed by atoms with Gasteiger partial charge in [-0.3, -0.25) is 9.13 Å². The van der Waals surface area contributed by atoms with Gasteiger partial charge in [-0.2, -0.15) is 0 Å². The second-order valence-corrected chi connectivity index (χ2v) is 7.79. The first kappa shape index (κ1) is 18.5. The predicted molar refractivity (Wildman–Crippen MR) is 121 cm³/mol. The average Bonchev–Trinajstić information content (AvgIpc) is 3.32. The van der Waals surface area contributed by atoms with E-state index >= 15 is 0 Å². The molecule has 6 heteroatoms. The van der Waals surface area contributed by atoms with Crippen molar-refractivity contribution in [2.75, 3.05) is 0 Å². The molecule has 2 aromatic heterocycles. The number of nitrogens with zero attached hydrogens (tertiary/aromatic N) is 3. The molecule has 0 radical (unpaired) electrons. The van der Waals surface area contributed by atoms with E-state index in [1.54, 1.807) is 34.6 Å². The Morgan fingerprint density at radius 3 is 2.57 bits per heavy atom. The van der Waals surface area contributed by atoms with Gasteiger partial charge in [0.1, 0.15) is 0 Å². The van der Waals surface area contributed by atoms with Gasteiger partial charge in [0.25, 0.3) is 0 Å². The van der Waals surface area contributed by atoms with Gasteiger partial charge < -0.3 is 4.98 Å². The van der Waals surface area contributed by atoms with Gasteiger partial charge in [-0.05, 0) is 43.3 Å². The van der Waals surface area contributed by atoms with Crippen LogP contribution in [0.25, 0.3) is 39.2 Å². The van der Waals surface area contributed by atoms with Gasteiger partial charge >= 0.3 is 5.69 Å². The van der Waals surface area contributed by atoms with Crippen LogP contribution in [0, 0.1) is 6.92 Å². The molecule has 0 amide bonds. The van der Waals surface area contributed by atoms with Crippen LogP contribution in [0.3, 0.4) is 0 Å². The van der Waals surface area contributed by atoms with E-state index in [1.165, 1.54) is 5.56 Å². The molecule has 5 rings (SSSR count). The highest BCUT2D eigenvalue weighted by Gasteiger charge is 2.16. The monoisotopic (exact) mass is 414 g/mol. The molecule has 5 aromatic rings. The van der Waals surface area contributed by atoms with E-state index in [0.717, 1.165) is 39.2 Å². The van der Waals surface area contributed by atoms with Gasteiger partial charge in [-0.15, -0.1) is 0 Å². The largest absolute Gasteiger partial charge is 0.344 e. The number of aromatic amines is 1. The number of rotatable bonds is 3. The third-order valence-corrected chi connectivity index (χ3v) is 5.58. The number of H-pyrrole nitrogens is 1.